The van der Waals surface area contributed by atoms with Gasteiger partial charge in [0.05, 0.1) is 27.8 Å². The molecule has 0 heterocycles. The largest absolute Gasteiger partial charge is 0.490 e. The van der Waals surface area contributed by atoms with Gasteiger partial charge in [-0.15, -0.1) is 0 Å². The Morgan fingerprint density at radius 2 is 1.79 bits per heavy atom. The average molecular weight is 627 g/mol. The Morgan fingerprint density at radius 3 is 2.37 bits per heavy atom. The zero-order chi connectivity index (χ0) is 27.7. The number of anilines is 1. The summed E-state index contributed by atoms with van der Waals surface area (Å²) >= 11 is 2.07. The van der Waals surface area contributed by atoms with Crippen LogP contribution < -0.4 is 14.8 Å². The van der Waals surface area contributed by atoms with Crippen molar-refractivity contribution >= 4 is 51.9 Å². The molecule has 11 heteroatoms. The third kappa shape index (κ3) is 7.30. The second kappa shape index (κ2) is 13.2. The number of nitro groups is 1. The second-order valence-corrected chi connectivity index (χ2v) is 8.83. The van der Waals surface area contributed by atoms with Gasteiger partial charge in [-0.1, -0.05) is 0 Å². The Morgan fingerprint density at radius 1 is 1.11 bits per heavy atom. The summed E-state index contributed by atoms with van der Waals surface area (Å²) in [6, 6.07) is 17.4. The third-order valence-corrected chi connectivity index (χ3v) is 5.90. The summed E-state index contributed by atoms with van der Waals surface area (Å²) in [5, 5.41) is 23.1. The maximum atomic E-state index is 12.7. The van der Waals surface area contributed by atoms with Crippen LogP contribution >= 0.6 is 22.6 Å². The number of methoxy groups -OCH3 is 1. The van der Waals surface area contributed by atoms with Crippen molar-refractivity contribution in [3.05, 3.63) is 96.6 Å². The summed E-state index contributed by atoms with van der Waals surface area (Å²) in [6.07, 6.45) is 1.43. The minimum Gasteiger partial charge on any atom is -0.490 e. The Kier molecular flexibility index (Phi) is 9.78. The molecule has 10 nitrogen and oxygen atoms in total. The molecular formula is C27H22IN3O7. The molecule has 0 bridgehead atoms. The van der Waals surface area contributed by atoms with E-state index in [1.165, 1.54) is 49.6 Å². The molecule has 38 heavy (non-hydrogen) atoms. The third-order valence-electron chi connectivity index (χ3n) is 5.10. The van der Waals surface area contributed by atoms with Gasteiger partial charge in [-0.2, -0.15) is 5.26 Å². The van der Waals surface area contributed by atoms with Gasteiger partial charge < -0.3 is 19.5 Å². The summed E-state index contributed by atoms with van der Waals surface area (Å²) in [6.45, 7) is 2.32. The maximum Gasteiger partial charge on any atom is 0.337 e. The minimum atomic E-state index is -0.621. The van der Waals surface area contributed by atoms with E-state index in [4.69, 9.17) is 9.47 Å². The van der Waals surface area contributed by atoms with Gasteiger partial charge in [0.15, 0.2) is 11.5 Å². The van der Waals surface area contributed by atoms with Crippen LogP contribution in [0.3, 0.4) is 0 Å². The molecule has 3 rings (SSSR count). The molecule has 0 unspecified atom stereocenters. The lowest BCUT2D eigenvalue weighted by molar-refractivity contribution is -0.384. The average Bonchev–Trinajstić information content (AvgIpc) is 2.91. The molecular weight excluding hydrogens is 605 g/mol. The fourth-order valence-electron chi connectivity index (χ4n) is 3.26. The summed E-state index contributed by atoms with van der Waals surface area (Å²) in [4.78, 5) is 34.7. The topological polar surface area (TPSA) is 141 Å². The lowest BCUT2D eigenvalue weighted by atomic mass is 10.1. The van der Waals surface area contributed by atoms with Gasteiger partial charge in [0.2, 0.25) is 0 Å². The minimum absolute atomic E-state index is 0.00924. The van der Waals surface area contributed by atoms with Gasteiger partial charge in [-0.05, 0) is 95.2 Å². The number of carbonyl (C=O) groups is 2. The van der Waals surface area contributed by atoms with Gasteiger partial charge in [0.1, 0.15) is 18.2 Å². The van der Waals surface area contributed by atoms with Crippen LogP contribution in [0.15, 0.2) is 66.2 Å². The first-order valence-corrected chi connectivity index (χ1v) is 12.3. The predicted octanol–water partition coefficient (Wildman–Crippen LogP) is 5.51. The number of nitro benzene ring substituents is 1. The van der Waals surface area contributed by atoms with Crippen LogP contribution in [0.2, 0.25) is 0 Å². The van der Waals surface area contributed by atoms with Crippen LogP contribution in [0.1, 0.15) is 28.4 Å². The molecule has 1 amide bonds. The highest BCUT2D eigenvalue weighted by molar-refractivity contribution is 14.1. The van der Waals surface area contributed by atoms with Gasteiger partial charge in [-0.25, -0.2) is 4.79 Å². The lowest BCUT2D eigenvalue weighted by Crippen LogP contribution is -2.13. The van der Waals surface area contributed by atoms with Gasteiger partial charge >= 0.3 is 5.97 Å². The standard InChI is InChI=1S/C27H22IN3O7/c1-3-37-24-14-18(13-23(28)25(24)38-16-17-4-10-22(11-5-17)31(34)35)12-20(15-29)26(32)30-21-8-6-19(7-9-21)27(33)36-2/h4-14H,3,16H2,1-2H3,(H,30,32)/b20-12+. The van der Waals surface area contributed by atoms with Crippen molar-refractivity contribution in [2.24, 2.45) is 0 Å². The molecule has 0 spiro atoms. The molecule has 3 aromatic rings. The van der Waals surface area contributed by atoms with E-state index >= 15 is 0 Å². The van der Waals surface area contributed by atoms with Crippen molar-refractivity contribution < 1.29 is 28.7 Å². The predicted molar refractivity (Wildman–Crippen MR) is 148 cm³/mol. The molecule has 0 saturated carbocycles. The number of nitrogens with one attached hydrogen (secondary N) is 1. The van der Waals surface area contributed by atoms with E-state index < -0.39 is 16.8 Å². The number of rotatable bonds is 10. The number of non-ortho nitro benzene ring substituents is 1. The number of hydrogen-bond donors (Lipinski definition) is 1. The van der Waals surface area contributed by atoms with Crippen molar-refractivity contribution in [3.8, 4) is 17.6 Å². The van der Waals surface area contributed by atoms with E-state index in [0.29, 0.717) is 38.5 Å². The van der Waals surface area contributed by atoms with Crippen LogP contribution in [0.4, 0.5) is 11.4 Å². The monoisotopic (exact) mass is 627 g/mol. The highest BCUT2D eigenvalue weighted by Crippen LogP contribution is 2.35. The Hall–Kier alpha value is -4.44. The molecule has 1 N–H and O–H groups in total. The number of hydrogen-bond acceptors (Lipinski definition) is 8. The van der Waals surface area contributed by atoms with Crippen LogP contribution in [0, 0.1) is 25.0 Å². The molecule has 0 aliphatic heterocycles. The number of nitriles is 1. The highest BCUT2D eigenvalue weighted by atomic mass is 127. The van der Waals surface area contributed by atoms with Gasteiger partial charge in [-0.3, -0.25) is 14.9 Å². The second-order valence-electron chi connectivity index (χ2n) is 7.67. The van der Waals surface area contributed by atoms with Crippen molar-refractivity contribution in [1.29, 1.82) is 5.26 Å². The van der Waals surface area contributed by atoms with Crippen LogP contribution in [-0.2, 0) is 16.1 Å². The molecule has 194 valence electrons. The number of esters is 1. The van der Waals surface area contributed by atoms with Crippen LogP contribution in [0.25, 0.3) is 6.08 Å². The Balaban J connectivity index is 1.79. The molecule has 0 radical (unpaired) electrons. The first-order valence-electron chi connectivity index (χ1n) is 11.2. The van der Waals surface area contributed by atoms with E-state index in [1.54, 1.807) is 24.3 Å². The summed E-state index contributed by atoms with van der Waals surface area (Å²) in [5.74, 6) is -0.231. The van der Waals surface area contributed by atoms with E-state index in [9.17, 15) is 25.0 Å². The number of benzene rings is 3. The zero-order valence-corrected chi connectivity index (χ0v) is 22.6. The number of halogens is 1. The summed E-state index contributed by atoms with van der Waals surface area (Å²) in [7, 11) is 1.28. The lowest BCUT2D eigenvalue weighted by Gasteiger charge is -2.15. The molecule has 3 aromatic carbocycles. The molecule has 0 atom stereocenters. The van der Waals surface area contributed by atoms with Crippen LogP contribution in [-0.4, -0.2) is 30.5 Å². The van der Waals surface area contributed by atoms with Crippen molar-refractivity contribution in [2.45, 2.75) is 13.5 Å². The smallest absolute Gasteiger partial charge is 0.337 e. The fourth-order valence-corrected chi connectivity index (χ4v) is 4.05. The molecule has 0 aromatic heterocycles. The fraction of sp³-hybridized carbons (Fsp3) is 0.148. The first kappa shape index (κ1) is 28.1. The van der Waals surface area contributed by atoms with Crippen molar-refractivity contribution in [1.82, 2.24) is 0 Å². The molecule has 0 aliphatic carbocycles. The number of carbonyl (C=O) groups excluding carboxylic acids is 2. The van der Waals surface area contributed by atoms with Crippen molar-refractivity contribution in [3.63, 3.8) is 0 Å². The van der Waals surface area contributed by atoms with E-state index in [-0.39, 0.29) is 17.9 Å². The first-order chi connectivity index (χ1) is 18.2. The number of ether oxygens (including phenoxy) is 3. The molecule has 0 saturated heterocycles. The number of amides is 1. The normalized spacial score (nSPS) is 10.7. The molecule has 0 aliphatic rings. The van der Waals surface area contributed by atoms with E-state index in [1.807, 2.05) is 13.0 Å². The maximum absolute atomic E-state index is 12.7. The SMILES string of the molecule is CCOc1cc(/C=C(\C#N)C(=O)Nc2ccc(C(=O)OC)cc2)cc(I)c1OCc1ccc([N+](=O)[O-])cc1. The van der Waals surface area contributed by atoms with Gasteiger partial charge in [0, 0.05) is 17.8 Å². The Bertz CT molecular complexity index is 1410. The number of nitrogens with zero attached hydrogens (tertiary/aromatic N) is 2. The van der Waals surface area contributed by atoms with Crippen molar-refractivity contribution in [2.75, 3.05) is 19.0 Å². The summed E-state index contributed by atoms with van der Waals surface area (Å²) < 4.78 is 17.0. The zero-order valence-electron chi connectivity index (χ0n) is 20.4. The summed E-state index contributed by atoms with van der Waals surface area (Å²) in [5.41, 5.74) is 1.87. The Labute approximate surface area is 232 Å². The molecule has 0 fully saturated rings. The van der Waals surface area contributed by atoms with E-state index in [0.717, 1.165) is 5.56 Å². The van der Waals surface area contributed by atoms with Gasteiger partial charge in [0.25, 0.3) is 11.6 Å². The van der Waals surface area contributed by atoms with E-state index in [2.05, 4.69) is 32.6 Å². The van der Waals surface area contributed by atoms with Crippen LogP contribution in [0.5, 0.6) is 11.5 Å². The highest BCUT2D eigenvalue weighted by Gasteiger charge is 2.15. The quantitative estimate of drug-likeness (QED) is 0.0775.